The van der Waals surface area contributed by atoms with Gasteiger partial charge in [-0.2, -0.15) is 8.78 Å². The monoisotopic (exact) mass is 219 g/mol. The molecule has 4 nitrogen and oxygen atoms in total. The Kier molecular flexibility index (Phi) is 4.71. The molecule has 0 amide bonds. The Bertz CT molecular complexity index is 308. The standard InChI is InChI=1S/C9H12F2N2O2/c1-4-6(3)9(10,11)7(13-12)8(14)15-5-2/h4,6H,1,5H2,2-3H3/p+1/b8-7-. The SMILES string of the molecule is C=CC(C)C(F)(F)/C([N+]#N)=C(\O)OCC. The average molecular weight is 219 g/mol. The lowest BCUT2D eigenvalue weighted by atomic mass is 10.0. The quantitative estimate of drug-likeness (QED) is 0.439. The molecule has 0 heterocycles. The second kappa shape index (κ2) is 5.29. The zero-order valence-corrected chi connectivity index (χ0v) is 8.57. The number of alkyl halides is 2. The number of aliphatic hydroxyl groups is 1. The van der Waals surface area contributed by atoms with Crippen LogP contribution in [0.25, 0.3) is 4.98 Å². The molecular formula is C9H13F2N2O2+. The van der Waals surface area contributed by atoms with Gasteiger partial charge in [-0.1, -0.05) is 13.0 Å². The number of hydrogen-bond donors (Lipinski definition) is 1. The lowest BCUT2D eigenvalue weighted by Crippen LogP contribution is -2.27. The first-order valence-electron chi connectivity index (χ1n) is 4.33. The van der Waals surface area contributed by atoms with Crippen molar-refractivity contribution in [3.05, 3.63) is 29.3 Å². The fraction of sp³-hybridized carbons (Fsp3) is 0.556. The summed E-state index contributed by atoms with van der Waals surface area (Å²) in [7, 11) is 0. The molecule has 0 rings (SSSR count). The summed E-state index contributed by atoms with van der Waals surface area (Å²) in [6, 6.07) is 0. The number of diazo groups is 1. The van der Waals surface area contributed by atoms with Gasteiger partial charge in [-0.25, -0.2) is 0 Å². The molecule has 0 aromatic heterocycles. The van der Waals surface area contributed by atoms with Crippen molar-refractivity contribution in [2.45, 2.75) is 19.8 Å². The Morgan fingerprint density at radius 3 is 2.60 bits per heavy atom. The number of halogens is 2. The molecule has 0 aromatic rings. The predicted molar refractivity (Wildman–Crippen MR) is 50.7 cm³/mol. The van der Waals surface area contributed by atoms with Crippen LogP contribution in [0.15, 0.2) is 24.3 Å². The fourth-order valence-electron chi connectivity index (χ4n) is 0.821. The fourth-order valence-corrected chi connectivity index (χ4v) is 0.821. The minimum atomic E-state index is -3.53. The summed E-state index contributed by atoms with van der Waals surface area (Å²) in [5, 5.41) is 17.5. The molecule has 0 saturated heterocycles. The Hall–Kier alpha value is -1.64. The second-order valence-corrected chi connectivity index (χ2v) is 2.83. The van der Waals surface area contributed by atoms with E-state index >= 15 is 0 Å². The molecule has 0 spiro atoms. The van der Waals surface area contributed by atoms with Gasteiger partial charge in [0.25, 0.3) is 0 Å². The van der Waals surface area contributed by atoms with Crippen molar-refractivity contribution in [2.75, 3.05) is 6.61 Å². The van der Waals surface area contributed by atoms with E-state index in [1.807, 2.05) is 0 Å². The number of allylic oxidation sites excluding steroid dienone is 2. The van der Waals surface area contributed by atoms with E-state index < -0.39 is 23.5 Å². The minimum absolute atomic E-state index is 0.0105. The first-order chi connectivity index (χ1) is 6.91. The molecule has 0 fully saturated rings. The van der Waals surface area contributed by atoms with Crippen molar-refractivity contribution < 1.29 is 18.6 Å². The van der Waals surface area contributed by atoms with E-state index in [-0.39, 0.29) is 6.61 Å². The largest absolute Gasteiger partial charge is 0.509 e. The van der Waals surface area contributed by atoms with Crippen molar-refractivity contribution in [3.8, 4) is 0 Å². The highest BCUT2D eigenvalue weighted by Crippen LogP contribution is 2.35. The number of aliphatic hydroxyl groups excluding tert-OH is 1. The van der Waals surface area contributed by atoms with Gasteiger partial charge in [0, 0.05) is 0 Å². The predicted octanol–water partition coefficient (Wildman–Crippen LogP) is 3.06. The van der Waals surface area contributed by atoms with Crippen molar-refractivity contribution >= 4 is 0 Å². The van der Waals surface area contributed by atoms with Gasteiger partial charge >= 0.3 is 17.6 Å². The summed E-state index contributed by atoms with van der Waals surface area (Å²) in [6.07, 6.45) is 0.990. The Balaban J connectivity index is 5.22. The van der Waals surface area contributed by atoms with Gasteiger partial charge in [0.05, 0.1) is 12.5 Å². The summed E-state index contributed by atoms with van der Waals surface area (Å²) in [5.74, 6) is -5.90. The van der Waals surface area contributed by atoms with Crippen LogP contribution in [0.3, 0.4) is 0 Å². The second-order valence-electron chi connectivity index (χ2n) is 2.83. The summed E-state index contributed by atoms with van der Waals surface area (Å²) in [6.45, 7) is 5.87. The highest BCUT2D eigenvalue weighted by molar-refractivity contribution is 5.22. The molecule has 0 radical (unpaired) electrons. The molecule has 0 aliphatic heterocycles. The summed E-state index contributed by atoms with van der Waals surface area (Å²) in [4.78, 5) is 2.35. The van der Waals surface area contributed by atoms with E-state index in [1.165, 1.54) is 13.8 Å². The summed E-state index contributed by atoms with van der Waals surface area (Å²) >= 11 is 0. The van der Waals surface area contributed by atoms with Crippen LogP contribution >= 0.6 is 0 Å². The van der Waals surface area contributed by atoms with Crippen LogP contribution in [-0.2, 0) is 4.74 Å². The van der Waals surface area contributed by atoms with Gasteiger partial charge in [-0.15, -0.1) is 6.58 Å². The lowest BCUT2D eigenvalue weighted by Gasteiger charge is -2.13. The summed E-state index contributed by atoms with van der Waals surface area (Å²) < 4.78 is 31.3. The molecule has 0 bridgehead atoms. The van der Waals surface area contributed by atoms with Gasteiger partial charge in [-0.3, -0.25) is 0 Å². The van der Waals surface area contributed by atoms with Gasteiger partial charge in [0.2, 0.25) is 5.39 Å². The van der Waals surface area contributed by atoms with Crippen molar-refractivity contribution in [2.24, 2.45) is 5.92 Å². The highest BCUT2D eigenvalue weighted by atomic mass is 19.3. The minimum Gasteiger partial charge on any atom is -0.475 e. The van der Waals surface area contributed by atoms with E-state index in [0.29, 0.717) is 0 Å². The molecule has 1 unspecified atom stereocenters. The van der Waals surface area contributed by atoms with Crippen LogP contribution in [0, 0.1) is 11.3 Å². The Labute approximate surface area is 86.5 Å². The van der Waals surface area contributed by atoms with Crippen molar-refractivity contribution in [1.82, 2.24) is 0 Å². The number of rotatable bonds is 5. The molecule has 1 atom stereocenters. The maximum atomic E-state index is 13.4. The maximum absolute atomic E-state index is 13.4. The molecular weight excluding hydrogens is 206 g/mol. The molecule has 0 aromatic carbocycles. The number of hydrogen-bond acceptors (Lipinski definition) is 3. The zero-order valence-electron chi connectivity index (χ0n) is 8.57. The first kappa shape index (κ1) is 13.4. The van der Waals surface area contributed by atoms with E-state index in [9.17, 15) is 8.78 Å². The Morgan fingerprint density at radius 1 is 1.73 bits per heavy atom. The smallest absolute Gasteiger partial charge is 0.475 e. The van der Waals surface area contributed by atoms with Gasteiger partial charge in [-0.05, 0) is 6.92 Å². The molecule has 84 valence electrons. The number of ether oxygens (including phenoxy) is 1. The third kappa shape index (κ3) is 2.91. The molecule has 0 aliphatic carbocycles. The zero-order chi connectivity index (χ0) is 12.1. The van der Waals surface area contributed by atoms with Crippen molar-refractivity contribution in [1.29, 1.82) is 5.39 Å². The molecule has 15 heavy (non-hydrogen) atoms. The normalized spacial score (nSPS) is 14.9. The maximum Gasteiger partial charge on any atom is 0.509 e. The third-order valence-corrected chi connectivity index (χ3v) is 1.82. The van der Waals surface area contributed by atoms with Crippen LogP contribution < -0.4 is 0 Å². The third-order valence-electron chi connectivity index (χ3n) is 1.82. The number of nitrogens with zero attached hydrogens (tertiary/aromatic N) is 2. The average Bonchev–Trinajstić information content (AvgIpc) is 2.17. The molecule has 0 aliphatic rings. The van der Waals surface area contributed by atoms with Gasteiger partial charge in [0.1, 0.15) is 0 Å². The molecule has 6 heteroatoms. The topological polar surface area (TPSA) is 57.6 Å². The van der Waals surface area contributed by atoms with Gasteiger partial charge in [0.15, 0.2) is 4.98 Å². The first-order valence-corrected chi connectivity index (χ1v) is 4.33. The van der Waals surface area contributed by atoms with Crippen LogP contribution in [0.5, 0.6) is 0 Å². The lowest BCUT2D eigenvalue weighted by molar-refractivity contribution is -0.00901. The van der Waals surface area contributed by atoms with Crippen LogP contribution in [0.2, 0.25) is 0 Å². The van der Waals surface area contributed by atoms with E-state index in [4.69, 9.17) is 10.5 Å². The van der Waals surface area contributed by atoms with Crippen molar-refractivity contribution in [3.63, 3.8) is 0 Å². The Morgan fingerprint density at radius 2 is 2.27 bits per heavy atom. The van der Waals surface area contributed by atoms with E-state index in [1.54, 1.807) is 0 Å². The van der Waals surface area contributed by atoms with Crippen LogP contribution in [-0.4, -0.2) is 17.6 Å². The van der Waals surface area contributed by atoms with Crippen LogP contribution in [0.4, 0.5) is 8.78 Å². The highest BCUT2D eigenvalue weighted by Gasteiger charge is 2.53. The van der Waals surface area contributed by atoms with E-state index in [0.717, 1.165) is 6.08 Å². The van der Waals surface area contributed by atoms with Crippen LogP contribution in [0.1, 0.15) is 13.8 Å². The van der Waals surface area contributed by atoms with E-state index in [2.05, 4.69) is 16.3 Å². The molecule has 1 N–H and O–H groups in total. The van der Waals surface area contributed by atoms with Gasteiger partial charge < -0.3 is 9.84 Å². The molecule has 0 saturated carbocycles. The summed E-state index contributed by atoms with van der Waals surface area (Å²) in [5.41, 5.74) is -1.20.